The Balaban J connectivity index is 2.88. The summed E-state index contributed by atoms with van der Waals surface area (Å²) in [6.45, 7) is 2.35. The van der Waals surface area contributed by atoms with Gasteiger partial charge >= 0.3 is 0 Å². The van der Waals surface area contributed by atoms with Crippen LogP contribution in [-0.2, 0) is 0 Å². The molecule has 0 bridgehead atoms. The molecule has 50 valence electrons. The first-order valence-corrected chi connectivity index (χ1v) is 3.05. The maximum absolute atomic E-state index is 4.08. The largest absolute Gasteiger partial charge is 0.256 e. The highest BCUT2D eigenvalue weighted by Gasteiger charge is 1.96. The maximum atomic E-state index is 4.08. The predicted octanol–water partition coefficient (Wildman–Crippen LogP) is -1.00. The molecule has 0 atom stereocenters. The summed E-state index contributed by atoms with van der Waals surface area (Å²) >= 11 is 0. The third kappa shape index (κ3) is 0.689. The van der Waals surface area contributed by atoms with Gasteiger partial charge in [-0.1, -0.05) is 0 Å². The number of nitrogens with zero attached hydrogens (tertiary/aromatic N) is 4. The molecule has 0 unspecified atom stereocenters. The Morgan fingerprint density at radius 2 is 2.30 bits per heavy atom. The van der Waals surface area contributed by atoms with Gasteiger partial charge in [0.25, 0.3) is 0 Å². The van der Waals surface area contributed by atoms with Crippen LogP contribution in [0.3, 0.4) is 0 Å². The van der Waals surface area contributed by atoms with Crippen LogP contribution in [-0.4, -0.2) is 16.6 Å². The van der Waals surface area contributed by atoms with E-state index in [0.717, 1.165) is 16.7 Å². The molecule has 2 heterocycles. The van der Waals surface area contributed by atoms with Gasteiger partial charge in [0.15, 0.2) is 5.49 Å². The molecular formula is C6H6N4. The van der Waals surface area contributed by atoms with Crippen molar-refractivity contribution in [2.75, 3.05) is 6.67 Å². The topological polar surface area (TPSA) is 50.5 Å². The van der Waals surface area contributed by atoms with Gasteiger partial charge in [0.1, 0.15) is 17.9 Å². The molecule has 0 aliphatic carbocycles. The normalized spacial score (nSPS) is 13.7. The Kier molecular flexibility index (Phi) is 1.00. The van der Waals surface area contributed by atoms with Crippen LogP contribution in [0.2, 0.25) is 0 Å². The van der Waals surface area contributed by atoms with Crippen molar-refractivity contribution < 1.29 is 0 Å². The summed E-state index contributed by atoms with van der Waals surface area (Å²) < 4.78 is 0. The molecule has 1 aromatic heterocycles. The zero-order valence-corrected chi connectivity index (χ0v) is 5.57. The van der Waals surface area contributed by atoms with Crippen LogP contribution in [0.4, 0.5) is 0 Å². The molecule has 1 aliphatic rings. The molecule has 4 nitrogen and oxygen atoms in total. The number of aryl methyl sites for hydroxylation is 1. The van der Waals surface area contributed by atoms with Gasteiger partial charge < -0.3 is 0 Å². The van der Waals surface area contributed by atoms with Gasteiger partial charge in [-0.3, -0.25) is 4.99 Å². The summed E-state index contributed by atoms with van der Waals surface area (Å²) in [5, 5.41) is 0.811. The molecule has 0 amide bonds. The second-order valence-electron chi connectivity index (χ2n) is 2.08. The van der Waals surface area contributed by atoms with E-state index in [2.05, 4.69) is 20.0 Å². The van der Waals surface area contributed by atoms with Crippen molar-refractivity contribution in [3.05, 3.63) is 22.9 Å². The van der Waals surface area contributed by atoms with Crippen LogP contribution >= 0.6 is 0 Å². The van der Waals surface area contributed by atoms with Crippen LogP contribution in [0.25, 0.3) is 0 Å². The molecule has 0 N–H and O–H groups in total. The molecule has 0 aromatic carbocycles. The van der Waals surface area contributed by atoms with Crippen LogP contribution in [0.1, 0.15) is 5.82 Å². The Labute approximate surface area is 57.4 Å². The number of hydrogen-bond donors (Lipinski definition) is 0. The quantitative estimate of drug-likeness (QED) is 0.456. The van der Waals surface area contributed by atoms with Crippen molar-refractivity contribution in [1.29, 1.82) is 0 Å². The molecule has 2 rings (SSSR count). The van der Waals surface area contributed by atoms with Gasteiger partial charge in [0, 0.05) is 0 Å². The summed E-state index contributed by atoms with van der Waals surface area (Å²) in [6.07, 6.45) is 1.70. The molecule has 1 aliphatic heterocycles. The first-order chi connectivity index (χ1) is 4.86. The second kappa shape index (κ2) is 1.83. The van der Waals surface area contributed by atoms with Gasteiger partial charge in [0.05, 0.1) is 6.20 Å². The van der Waals surface area contributed by atoms with Gasteiger partial charge in [-0.25, -0.2) is 15.0 Å². The third-order valence-electron chi connectivity index (χ3n) is 1.33. The van der Waals surface area contributed by atoms with Crippen molar-refractivity contribution in [3.63, 3.8) is 0 Å². The minimum atomic E-state index is 0.507. The van der Waals surface area contributed by atoms with Crippen LogP contribution in [0.15, 0.2) is 16.2 Å². The van der Waals surface area contributed by atoms with Crippen LogP contribution in [0, 0.1) is 6.92 Å². The molecule has 0 saturated carbocycles. The summed E-state index contributed by atoms with van der Waals surface area (Å²) in [4.78, 5) is 16.2. The number of fused-ring (bicyclic) bond motifs is 1. The third-order valence-corrected chi connectivity index (χ3v) is 1.33. The van der Waals surface area contributed by atoms with E-state index in [1.807, 2.05) is 6.92 Å². The monoisotopic (exact) mass is 134 g/mol. The van der Waals surface area contributed by atoms with E-state index in [9.17, 15) is 0 Å². The number of rotatable bonds is 0. The molecule has 10 heavy (non-hydrogen) atoms. The van der Waals surface area contributed by atoms with E-state index in [1.165, 1.54) is 0 Å². The minimum absolute atomic E-state index is 0.507. The molecule has 0 radical (unpaired) electrons. The van der Waals surface area contributed by atoms with E-state index >= 15 is 0 Å². The highest BCUT2D eigenvalue weighted by molar-refractivity contribution is 4.88. The van der Waals surface area contributed by atoms with Crippen LogP contribution in [0.5, 0.6) is 0 Å². The fraction of sp³-hybridized carbons (Fsp3) is 0.333. The van der Waals surface area contributed by atoms with Crippen molar-refractivity contribution in [2.45, 2.75) is 6.92 Å². The van der Waals surface area contributed by atoms with Gasteiger partial charge in [-0.05, 0) is 6.92 Å². The summed E-state index contributed by atoms with van der Waals surface area (Å²) in [5.74, 6) is 0.750. The minimum Gasteiger partial charge on any atom is -0.256 e. The highest BCUT2D eigenvalue weighted by Crippen LogP contribution is 1.77. The van der Waals surface area contributed by atoms with Crippen molar-refractivity contribution in [2.24, 2.45) is 9.98 Å². The fourth-order valence-corrected chi connectivity index (χ4v) is 0.858. The smallest absolute Gasteiger partial charge is 0.178 e. The molecule has 1 aromatic rings. The Morgan fingerprint density at radius 1 is 1.40 bits per heavy atom. The predicted molar refractivity (Wildman–Crippen MR) is 33.9 cm³/mol. The Morgan fingerprint density at radius 3 is 3.20 bits per heavy atom. The highest BCUT2D eigenvalue weighted by atomic mass is 15.0. The zero-order chi connectivity index (χ0) is 6.97. The van der Waals surface area contributed by atoms with Crippen LogP contribution < -0.4 is 10.8 Å². The zero-order valence-electron chi connectivity index (χ0n) is 5.57. The summed E-state index contributed by atoms with van der Waals surface area (Å²) in [5.41, 5.74) is 0.729. The first-order valence-electron chi connectivity index (χ1n) is 3.05. The van der Waals surface area contributed by atoms with Gasteiger partial charge in [0.2, 0.25) is 0 Å². The van der Waals surface area contributed by atoms with E-state index < -0.39 is 0 Å². The lowest BCUT2D eigenvalue weighted by Crippen LogP contribution is -2.26. The average molecular weight is 134 g/mol. The Hall–Kier alpha value is -1.32. The molecule has 0 spiro atoms. The van der Waals surface area contributed by atoms with E-state index in [-0.39, 0.29) is 0 Å². The Bertz CT molecular complexity index is 368. The van der Waals surface area contributed by atoms with E-state index in [0.29, 0.717) is 6.67 Å². The summed E-state index contributed by atoms with van der Waals surface area (Å²) in [7, 11) is 0. The van der Waals surface area contributed by atoms with Crippen molar-refractivity contribution in [1.82, 2.24) is 9.97 Å². The molecule has 4 heteroatoms. The molecule has 0 saturated heterocycles. The standard InChI is InChI=1S/C6H6N4/c1-4-7-2-5-6(10-4)9-3-8-5/h2H,3H2,1H3. The van der Waals surface area contributed by atoms with Crippen molar-refractivity contribution in [3.8, 4) is 0 Å². The van der Waals surface area contributed by atoms with E-state index in [1.54, 1.807) is 6.20 Å². The average Bonchev–Trinajstić information content (AvgIpc) is 2.33. The fourth-order valence-electron chi connectivity index (χ4n) is 0.858. The number of aromatic nitrogens is 2. The SMILES string of the molecule is Cc1ncc2c(n1)=NCN=2. The lowest BCUT2D eigenvalue weighted by molar-refractivity contribution is 0.970. The maximum Gasteiger partial charge on any atom is 0.178 e. The molecule has 0 fully saturated rings. The van der Waals surface area contributed by atoms with Gasteiger partial charge in [-0.2, -0.15) is 0 Å². The second-order valence-corrected chi connectivity index (χ2v) is 2.08. The van der Waals surface area contributed by atoms with Gasteiger partial charge in [-0.15, -0.1) is 0 Å². The van der Waals surface area contributed by atoms with E-state index in [4.69, 9.17) is 0 Å². The lowest BCUT2D eigenvalue weighted by atomic mass is 10.5. The summed E-state index contributed by atoms with van der Waals surface area (Å²) in [6, 6.07) is 0. The molecular weight excluding hydrogens is 128 g/mol. The first kappa shape index (κ1) is 5.46. The number of hydrogen-bond acceptors (Lipinski definition) is 4. The van der Waals surface area contributed by atoms with Crippen molar-refractivity contribution >= 4 is 0 Å². The lowest BCUT2D eigenvalue weighted by Gasteiger charge is -1.84.